The molecular formula is C18H29ClN2O. The van der Waals surface area contributed by atoms with E-state index in [0.29, 0.717) is 11.3 Å². The SMILES string of the molecule is CC1(CN2CCC(C(O)c3ccccc3)CC2)CCNC1.Cl. The highest BCUT2D eigenvalue weighted by molar-refractivity contribution is 5.85. The first-order valence-corrected chi connectivity index (χ1v) is 8.32. The van der Waals surface area contributed by atoms with Crippen LogP contribution in [0, 0.1) is 11.3 Å². The minimum Gasteiger partial charge on any atom is -0.388 e. The molecule has 2 atom stereocenters. The maximum absolute atomic E-state index is 10.5. The third kappa shape index (κ3) is 4.23. The molecule has 4 heteroatoms. The second-order valence-corrected chi connectivity index (χ2v) is 7.21. The number of aliphatic hydroxyl groups is 1. The van der Waals surface area contributed by atoms with Crippen molar-refractivity contribution in [2.75, 3.05) is 32.7 Å². The lowest BCUT2D eigenvalue weighted by atomic mass is 9.85. The van der Waals surface area contributed by atoms with Gasteiger partial charge < -0.3 is 15.3 Å². The number of rotatable bonds is 4. The summed E-state index contributed by atoms with van der Waals surface area (Å²) in [7, 11) is 0. The zero-order valence-corrected chi connectivity index (χ0v) is 14.3. The number of halogens is 1. The lowest BCUT2D eigenvalue weighted by Crippen LogP contribution is -2.42. The van der Waals surface area contributed by atoms with Crippen LogP contribution in [-0.4, -0.2) is 42.7 Å². The fourth-order valence-electron chi connectivity index (χ4n) is 3.89. The van der Waals surface area contributed by atoms with Crippen molar-refractivity contribution in [1.82, 2.24) is 10.2 Å². The number of benzene rings is 1. The average Bonchev–Trinajstić information content (AvgIpc) is 2.94. The molecule has 0 saturated carbocycles. The van der Waals surface area contributed by atoms with Crippen LogP contribution in [0.15, 0.2) is 30.3 Å². The van der Waals surface area contributed by atoms with Crippen LogP contribution in [0.3, 0.4) is 0 Å². The molecule has 0 spiro atoms. The monoisotopic (exact) mass is 324 g/mol. The van der Waals surface area contributed by atoms with Gasteiger partial charge >= 0.3 is 0 Å². The molecule has 2 fully saturated rings. The standard InChI is InChI=1S/C18H28N2O.ClH/c1-18(9-10-19-13-18)14-20-11-7-16(8-12-20)17(21)15-5-3-2-4-6-15;/h2-6,16-17,19,21H,7-14H2,1H3;1H. The van der Waals surface area contributed by atoms with Gasteiger partial charge in [0.1, 0.15) is 0 Å². The highest BCUT2D eigenvalue weighted by Gasteiger charge is 2.33. The van der Waals surface area contributed by atoms with Crippen LogP contribution < -0.4 is 5.32 Å². The smallest absolute Gasteiger partial charge is 0.0819 e. The normalized spacial score (nSPS) is 28.3. The summed E-state index contributed by atoms with van der Waals surface area (Å²) < 4.78 is 0. The number of piperidine rings is 1. The third-order valence-corrected chi connectivity index (χ3v) is 5.28. The molecule has 3 nitrogen and oxygen atoms in total. The summed E-state index contributed by atoms with van der Waals surface area (Å²) in [6.45, 7) is 8.18. The zero-order chi connectivity index (χ0) is 14.7. The van der Waals surface area contributed by atoms with Gasteiger partial charge in [0.15, 0.2) is 0 Å². The molecule has 2 aliphatic rings. The molecule has 3 rings (SSSR count). The van der Waals surface area contributed by atoms with Gasteiger partial charge in [-0.05, 0) is 55.8 Å². The molecule has 1 aromatic carbocycles. The Morgan fingerprint density at radius 1 is 1.27 bits per heavy atom. The molecule has 0 radical (unpaired) electrons. The lowest BCUT2D eigenvalue weighted by molar-refractivity contribution is 0.0474. The quantitative estimate of drug-likeness (QED) is 0.894. The van der Waals surface area contributed by atoms with Crippen LogP contribution in [0.2, 0.25) is 0 Å². The maximum atomic E-state index is 10.5. The van der Waals surface area contributed by atoms with Crippen LogP contribution in [-0.2, 0) is 0 Å². The Hall–Kier alpha value is -0.610. The van der Waals surface area contributed by atoms with Crippen molar-refractivity contribution in [3.8, 4) is 0 Å². The Bertz CT molecular complexity index is 440. The van der Waals surface area contributed by atoms with Crippen molar-refractivity contribution < 1.29 is 5.11 Å². The molecule has 0 aromatic heterocycles. The van der Waals surface area contributed by atoms with Gasteiger partial charge in [-0.2, -0.15) is 0 Å². The molecule has 124 valence electrons. The summed E-state index contributed by atoms with van der Waals surface area (Å²) in [6, 6.07) is 10.1. The van der Waals surface area contributed by atoms with Crippen molar-refractivity contribution in [3.63, 3.8) is 0 Å². The largest absolute Gasteiger partial charge is 0.388 e. The molecule has 2 N–H and O–H groups in total. The molecule has 2 saturated heterocycles. The van der Waals surface area contributed by atoms with Crippen LogP contribution >= 0.6 is 12.4 Å². The zero-order valence-electron chi connectivity index (χ0n) is 13.5. The van der Waals surface area contributed by atoms with Gasteiger partial charge in [-0.3, -0.25) is 0 Å². The lowest BCUT2D eigenvalue weighted by Gasteiger charge is -2.38. The van der Waals surface area contributed by atoms with E-state index < -0.39 is 0 Å². The minimum atomic E-state index is -0.294. The summed E-state index contributed by atoms with van der Waals surface area (Å²) in [4.78, 5) is 2.60. The molecule has 0 amide bonds. The van der Waals surface area contributed by atoms with Crippen molar-refractivity contribution in [1.29, 1.82) is 0 Å². The highest BCUT2D eigenvalue weighted by atomic mass is 35.5. The van der Waals surface area contributed by atoms with Crippen molar-refractivity contribution in [2.45, 2.75) is 32.3 Å². The van der Waals surface area contributed by atoms with E-state index in [1.54, 1.807) is 0 Å². The molecule has 2 aliphatic heterocycles. The van der Waals surface area contributed by atoms with Gasteiger partial charge in [0.25, 0.3) is 0 Å². The van der Waals surface area contributed by atoms with Crippen LogP contribution in [0.4, 0.5) is 0 Å². The Balaban J connectivity index is 0.00000176. The average molecular weight is 325 g/mol. The predicted molar refractivity (Wildman–Crippen MR) is 93.4 cm³/mol. The Morgan fingerprint density at radius 2 is 1.95 bits per heavy atom. The second-order valence-electron chi connectivity index (χ2n) is 7.21. The maximum Gasteiger partial charge on any atom is 0.0819 e. The summed E-state index contributed by atoms with van der Waals surface area (Å²) in [5.41, 5.74) is 1.52. The van der Waals surface area contributed by atoms with Gasteiger partial charge in [0.2, 0.25) is 0 Å². The Kier molecular flexibility index (Phi) is 6.27. The Labute approximate surface area is 140 Å². The molecule has 2 unspecified atom stereocenters. The van der Waals surface area contributed by atoms with Crippen LogP contribution in [0.5, 0.6) is 0 Å². The second kappa shape index (κ2) is 7.78. The summed E-state index contributed by atoms with van der Waals surface area (Å²) in [5.74, 6) is 0.415. The molecule has 0 bridgehead atoms. The highest BCUT2D eigenvalue weighted by Crippen LogP contribution is 2.33. The number of hydrogen-bond donors (Lipinski definition) is 2. The number of nitrogens with zero attached hydrogens (tertiary/aromatic N) is 1. The van der Waals surface area contributed by atoms with Gasteiger partial charge in [-0.1, -0.05) is 37.3 Å². The van der Waals surface area contributed by atoms with Crippen LogP contribution in [0.1, 0.15) is 37.9 Å². The number of likely N-dealkylation sites (tertiary alicyclic amines) is 1. The number of hydrogen-bond acceptors (Lipinski definition) is 3. The molecule has 2 heterocycles. The number of aliphatic hydroxyl groups excluding tert-OH is 1. The third-order valence-electron chi connectivity index (χ3n) is 5.28. The predicted octanol–water partition coefficient (Wildman–Crippen LogP) is 2.85. The fourth-order valence-corrected chi connectivity index (χ4v) is 3.89. The van der Waals surface area contributed by atoms with E-state index in [1.807, 2.05) is 30.3 Å². The van der Waals surface area contributed by atoms with Gasteiger partial charge in [-0.25, -0.2) is 0 Å². The van der Waals surface area contributed by atoms with Crippen molar-refractivity contribution in [3.05, 3.63) is 35.9 Å². The summed E-state index contributed by atoms with van der Waals surface area (Å²) in [5, 5.41) is 14.0. The molecule has 22 heavy (non-hydrogen) atoms. The first kappa shape index (κ1) is 17.7. The van der Waals surface area contributed by atoms with E-state index in [9.17, 15) is 5.11 Å². The first-order valence-electron chi connectivity index (χ1n) is 8.32. The van der Waals surface area contributed by atoms with Gasteiger partial charge in [0.05, 0.1) is 6.10 Å². The summed E-state index contributed by atoms with van der Waals surface area (Å²) >= 11 is 0. The Morgan fingerprint density at radius 3 is 2.55 bits per heavy atom. The van der Waals surface area contributed by atoms with E-state index in [0.717, 1.165) is 38.0 Å². The summed E-state index contributed by atoms with van der Waals surface area (Å²) in [6.07, 6.45) is 3.22. The number of nitrogens with one attached hydrogen (secondary N) is 1. The van der Waals surface area contributed by atoms with Crippen molar-refractivity contribution >= 4 is 12.4 Å². The van der Waals surface area contributed by atoms with Gasteiger partial charge in [0, 0.05) is 13.1 Å². The molecular weight excluding hydrogens is 296 g/mol. The van der Waals surface area contributed by atoms with Crippen molar-refractivity contribution in [2.24, 2.45) is 11.3 Å². The first-order chi connectivity index (χ1) is 10.2. The minimum absolute atomic E-state index is 0. The van der Waals surface area contributed by atoms with Gasteiger partial charge in [-0.15, -0.1) is 12.4 Å². The molecule has 1 aromatic rings. The van der Waals surface area contributed by atoms with E-state index >= 15 is 0 Å². The van der Waals surface area contributed by atoms with E-state index in [-0.39, 0.29) is 18.5 Å². The topological polar surface area (TPSA) is 35.5 Å². The fraction of sp³-hybridized carbons (Fsp3) is 0.667. The van der Waals surface area contributed by atoms with Crippen LogP contribution in [0.25, 0.3) is 0 Å². The van der Waals surface area contributed by atoms with E-state index in [4.69, 9.17) is 0 Å². The van der Waals surface area contributed by atoms with E-state index in [2.05, 4.69) is 17.1 Å². The van der Waals surface area contributed by atoms with E-state index in [1.165, 1.54) is 19.5 Å². The molecule has 0 aliphatic carbocycles.